The van der Waals surface area contributed by atoms with Crippen molar-refractivity contribution >= 4 is 34.0 Å². The van der Waals surface area contributed by atoms with E-state index in [-0.39, 0.29) is 16.7 Å². The Balaban J connectivity index is 2.35. The van der Waals surface area contributed by atoms with Gasteiger partial charge in [0.25, 0.3) is 5.69 Å². The second-order valence-corrected chi connectivity index (χ2v) is 6.14. The molecule has 0 aromatic heterocycles. The van der Waals surface area contributed by atoms with E-state index in [2.05, 4.69) is 29.5 Å². The Hall–Kier alpha value is -0.890. The molecule has 1 aliphatic rings. The van der Waals surface area contributed by atoms with Crippen LogP contribution in [0.25, 0.3) is 0 Å². The fraction of sp³-hybridized carbons (Fsp3) is 0.500. The SMILES string of the molecule is CC1CC(N)CN(c2ccc(I)cc2[N+](=O)[O-])C1. The molecule has 6 heteroatoms. The van der Waals surface area contributed by atoms with E-state index in [0.717, 1.165) is 16.5 Å². The van der Waals surface area contributed by atoms with E-state index < -0.39 is 0 Å². The fourth-order valence-corrected chi connectivity index (χ4v) is 2.98. The molecule has 2 rings (SSSR count). The molecule has 0 bridgehead atoms. The molecule has 1 aliphatic heterocycles. The van der Waals surface area contributed by atoms with E-state index in [4.69, 9.17) is 5.73 Å². The number of nitrogens with two attached hydrogens (primary N) is 1. The Bertz CT molecular complexity index is 457. The average Bonchev–Trinajstić information content (AvgIpc) is 2.27. The van der Waals surface area contributed by atoms with Crippen molar-refractivity contribution in [1.82, 2.24) is 0 Å². The molecular formula is C12H16IN3O2. The molecule has 0 saturated carbocycles. The topological polar surface area (TPSA) is 72.4 Å². The lowest BCUT2D eigenvalue weighted by Gasteiger charge is -2.36. The Morgan fingerprint density at radius 2 is 2.22 bits per heavy atom. The summed E-state index contributed by atoms with van der Waals surface area (Å²) in [6.45, 7) is 3.64. The van der Waals surface area contributed by atoms with Gasteiger partial charge in [0.2, 0.25) is 0 Å². The smallest absolute Gasteiger partial charge is 0.293 e. The lowest BCUT2D eigenvalue weighted by molar-refractivity contribution is -0.384. The van der Waals surface area contributed by atoms with Crippen molar-refractivity contribution in [3.63, 3.8) is 0 Å². The lowest BCUT2D eigenvalue weighted by atomic mass is 9.96. The van der Waals surface area contributed by atoms with Gasteiger partial charge >= 0.3 is 0 Å². The predicted molar refractivity (Wildman–Crippen MR) is 79.8 cm³/mol. The van der Waals surface area contributed by atoms with Crippen LogP contribution in [0.5, 0.6) is 0 Å². The largest absolute Gasteiger partial charge is 0.364 e. The van der Waals surface area contributed by atoms with Crippen LogP contribution in [0.2, 0.25) is 0 Å². The highest BCUT2D eigenvalue weighted by Crippen LogP contribution is 2.32. The Morgan fingerprint density at radius 1 is 1.50 bits per heavy atom. The molecule has 1 heterocycles. The van der Waals surface area contributed by atoms with E-state index in [1.807, 2.05) is 17.0 Å². The summed E-state index contributed by atoms with van der Waals surface area (Å²) in [5.41, 5.74) is 6.85. The monoisotopic (exact) mass is 361 g/mol. The van der Waals surface area contributed by atoms with Gasteiger partial charge in [0.1, 0.15) is 5.69 Å². The van der Waals surface area contributed by atoms with Gasteiger partial charge in [0.05, 0.1) is 4.92 Å². The molecule has 1 aromatic rings. The highest BCUT2D eigenvalue weighted by molar-refractivity contribution is 14.1. The van der Waals surface area contributed by atoms with E-state index in [1.165, 1.54) is 0 Å². The van der Waals surface area contributed by atoms with Gasteiger partial charge in [-0.25, -0.2) is 0 Å². The number of nitro groups is 1. The zero-order valence-electron chi connectivity index (χ0n) is 10.2. The third-order valence-corrected chi connectivity index (χ3v) is 3.84. The maximum Gasteiger partial charge on any atom is 0.293 e. The molecule has 1 aromatic carbocycles. The van der Waals surface area contributed by atoms with E-state index in [0.29, 0.717) is 18.2 Å². The lowest BCUT2D eigenvalue weighted by Crippen LogP contribution is -2.46. The number of benzene rings is 1. The van der Waals surface area contributed by atoms with Crippen LogP contribution in [0.15, 0.2) is 18.2 Å². The van der Waals surface area contributed by atoms with Crippen molar-refractivity contribution in [2.24, 2.45) is 11.7 Å². The second kappa shape index (κ2) is 5.40. The Labute approximate surface area is 120 Å². The quantitative estimate of drug-likeness (QED) is 0.499. The summed E-state index contributed by atoms with van der Waals surface area (Å²) in [4.78, 5) is 12.8. The summed E-state index contributed by atoms with van der Waals surface area (Å²) in [7, 11) is 0. The van der Waals surface area contributed by atoms with Gasteiger partial charge < -0.3 is 10.6 Å². The third kappa shape index (κ3) is 2.92. The summed E-state index contributed by atoms with van der Waals surface area (Å²) in [6.07, 6.45) is 0.981. The number of nitrogens with zero attached hydrogens (tertiary/aromatic N) is 2. The molecule has 0 amide bonds. The molecule has 5 nitrogen and oxygen atoms in total. The Kier molecular flexibility index (Phi) is 4.06. The maximum absolute atomic E-state index is 11.1. The summed E-state index contributed by atoms with van der Waals surface area (Å²) in [5, 5.41) is 11.1. The summed E-state index contributed by atoms with van der Waals surface area (Å²) < 4.78 is 0.873. The van der Waals surface area contributed by atoms with Gasteiger partial charge in [-0.05, 0) is 47.1 Å². The van der Waals surface area contributed by atoms with Crippen LogP contribution in [0.4, 0.5) is 11.4 Å². The molecule has 1 fully saturated rings. The first kappa shape index (κ1) is 13.5. The number of hydrogen-bond acceptors (Lipinski definition) is 4. The summed E-state index contributed by atoms with van der Waals surface area (Å²) >= 11 is 2.09. The average molecular weight is 361 g/mol. The van der Waals surface area contributed by atoms with Crippen LogP contribution in [0, 0.1) is 19.6 Å². The van der Waals surface area contributed by atoms with Crippen molar-refractivity contribution in [1.29, 1.82) is 0 Å². The number of anilines is 1. The zero-order valence-corrected chi connectivity index (χ0v) is 12.3. The molecule has 0 spiro atoms. The van der Waals surface area contributed by atoms with Crippen LogP contribution in [-0.4, -0.2) is 24.1 Å². The van der Waals surface area contributed by atoms with Gasteiger partial charge in [-0.15, -0.1) is 0 Å². The molecule has 98 valence electrons. The highest BCUT2D eigenvalue weighted by Gasteiger charge is 2.27. The minimum atomic E-state index is -0.317. The minimum absolute atomic E-state index is 0.0904. The van der Waals surface area contributed by atoms with Crippen LogP contribution < -0.4 is 10.6 Å². The molecule has 1 saturated heterocycles. The van der Waals surface area contributed by atoms with Crippen molar-refractivity contribution in [2.45, 2.75) is 19.4 Å². The summed E-state index contributed by atoms with van der Waals surface area (Å²) in [5.74, 6) is 0.465. The third-order valence-electron chi connectivity index (χ3n) is 3.17. The van der Waals surface area contributed by atoms with Crippen molar-refractivity contribution in [3.05, 3.63) is 31.9 Å². The molecule has 18 heavy (non-hydrogen) atoms. The number of nitro benzene ring substituents is 1. The standard InChI is InChI=1S/C12H16IN3O2/c1-8-4-10(14)7-15(6-8)11-3-2-9(13)5-12(11)16(17)18/h2-3,5,8,10H,4,6-7,14H2,1H3. The van der Waals surface area contributed by atoms with Gasteiger partial charge in [0, 0.05) is 28.8 Å². The van der Waals surface area contributed by atoms with Gasteiger partial charge in [-0.3, -0.25) is 10.1 Å². The van der Waals surface area contributed by atoms with Crippen molar-refractivity contribution in [2.75, 3.05) is 18.0 Å². The first-order valence-electron chi connectivity index (χ1n) is 5.92. The Morgan fingerprint density at radius 3 is 2.83 bits per heavy atom. The molecule has 2 N–H and O–H groups in total. The fourth-order valence-electron chi connectivity index (χ4n) is 2.51. The molecular weight excluding hydrogens is 345 g/mol. The van der Waals surface area contributed by atoms with Crippen molar-refractivity contribution in [3.8, 4) is 0 Å². The molecule has 0 radical (unpaired) electrons. The number of halogens is 1. The summed E-state index contributed by atoms with van der Waals surface area (Å²) in [6, 6.07) is 5.42. The first-order chi connectivity index (χ1) is 8.47. The number of hydrogen-bond donors (Lipinski definition) is 1. The number of rotatable bonds is 2. The molecule has 2 unspecified atom stereocenters. The normalized spacial score (nSPS) is 24.1. The second-order valence-electron chi connectivity index (χ2n) is 4.90. The van der Waals surface area contributed by atoms with E-state index >= 15 is 0 Å². The van der Waals surface area contributed by atoms with Gasteiger partial charge in [-0.2, -0.15) is 0 Å². The molecule has 2 atom stereocenters. The van der Waals surface area contributed by atoms with Crippen LogP contribution >= 0.6 is 22.6 Å². The van der Waals surface area contributed by atoms with Crippen LogP contribution in [-0.2, 0) is 0 Å². The predicted octanol–water partition coefficient (Wildman–Crippen LogP) is 2.37. The van der Waals surface area contributed by atoms with Gasteiger partial charge in [0.15, 0.2) is 0 Å². The zero-order chi connectivity index (χ0) is 13.3. The van der Waals surface area contributed by atoms with Gasteiger partial charge in [-0.1, -0.05) is 6.92 Å². The number of piperidine rings is 1. The maximum atomic E-state index is 11.1. The first-order valence-corrected chi connectivity index (χ1v) is 6.99. The van der Waals surface area contributed by atoms with Crippen LogP contribution in [0.1, 0.15) is 13.3 Å². The molecule has 0 aliphatic carbocycles. The highest BCUT2D eigenvalue weighted by atomic mass is 127. The van der Waals surface area contributed by atoms with Crippen molar-refractivity contribution < 1.29 is 4.92 Å². The van der Waals surface area contributed by atoms with E-state index in [9.17, 15) is 10.1 Å². The van der Waals surface area contributed by atoms with E-state index in [1.54, 1.807) is 6.07 Å². The van der Waals surface area contributed by atoms with Crippen LogP contribution in [0.3, 0.4) is 0 Å². The minimum Gasteiger partial charge on any atom is -0.364 e.